The zero-order valence-corrected chi connectivity index (χ0v) is 11.8. The molecule has 0 radical (unpaired) electrons. The first kappa shape index (κ1) is 11.3. The topological polar surface area (TPSA) is 38.0 Å². The molecule has 2 heterocycles. The predicted molar refractivity (Wildman–Crippen MR) is 67.0 cm³/mol. The Morgan fingerprint density at radius 2 is 2.20 bits per heavy atom. The van der Waals surface area contributed by atoms with Gasteiger partial charge >= 0.3 is 0 Å². The summed E-state index contributed by atoms with van der Waals surface area (Å²) < 4.78 is 3.50. The summed E-state index contributed by atoms with van der Waals surface area (Å²) >= 11 is 8.26. The van der Waals surface area contributed by atoms with Crippen molar-refractivity contribution in [3.05, 3.63) is 37.2 Å². The summed E-state index contributed by atoms with van der Waals surface area (Å²) in [6.07, 6.45) is 1.05. The second-order valence-corrected chi connectivity index (χ2v) is 6.39. The van der Waals surface area contributed by atoms with E-state index < -0.39 is 6.10 Å². The highest BCUT2D eigenvalue weighted by Gasteiger charge is 2.19. The fourth-order valence-corrected chi connectivity index (χ4v) is 3.32. The van der Waals surface area contributed by atoms with Crippen LogP contribution in [0.15, 0.2) is 26.6 Å². The van der Waals surface area contributed by atoms with Crippen LogP contribution in [-0.4, -0.2) is 14.9 Å². The van der Waals surface area contributed by atoms with Crippen LogP contribution in [0.5, 0.6) is 0 Å². The van der Waals surface area contributed by atoms with Crippen LogP contribution >= 0.6 is 43.2 Å². The number of aliphatic hydroxyl groups is 1. The molecule has 0 saturated carbocycles. The van der Waals surface area contributed by atoms with Crippen molar-refractivity contribution in [1.29, 1.82) is 0 Å². The van der Waals surface area contributed by atoms with Gasteiger partial charge in [-0.1, -0.05) is 0 Å². The molecule has 80 valence electrons. The standard InChI is InChI=1S/C9H8Br2N2OS/c1-13-8(5(10)4-12-13)9(14)6-2-3-7(11)15-6/h2-4,9,14H,1H3. The van der Waals surface area contributed by atoms with E-state index in [1.807, 2.05) is 19.2 Å². The number of aryl methyl sites for hydroxylation is 1. The smallest absolute Gasteiger partial charge is 0.131 e. The van der Waals surface area contributed by atoms with Gasteiger partial charge in [-0.3, -0.25) is 4.68 Å². The van der Waals surface area contributed by atoms with E-state index >= 15 is 0 Å². The van der Waals surface area contributed by atoms with Gasteiger partial charge in [0.15, 0.2) is 0 Å². The number of hydrogen-bond acceptors (Lipinski definition) is 3. The molecule has 1 N–H and O–H groups in total. The van der Waals surface area contributed by atoms with Crippen LogP contribution in [0.4, 0.5) is 0 Å². The van der Waals surface area contributed by atoms with Crippen LogP contribution in [0.3, 0.4) is 0 Å². The van der Waals surface area contributed by atoms with Gasteiger partial charge in [-0.15, -0.1) is 11.3 Å². The Labute approximate surface area is 108 Å². The molecule has 0 saturated heterocycles. The van der Waals surface area contributed by atoms with Crippen molar-refractivity contribution in [1.82, 2.24) is 9.78 Å². The summed E-state index contributed by atoms with van der Waals surface area (Å²) in [5.74, 6) is 0. The van der Waals surface area contributed by atoms with E-state index in [0.29, 0.717) is 0 Å². The lowest BCUT2D eigenvalue weighted by molar-refractivity contribution is 0.212. The molecule has 2 aromatic rings. The summed E-state index contributed by atoms with van der Waals surface area (Å²) in [4.78, 5) is 0.895. The molecule has 0 aliphatic carbocycles. The third-order valence-corrected chi connectivity index (χ3v) is 4.35. The maximum atomic E-state index is 10.2. The first-order valence-corrected chi connectivity index (χ1v) is 6.60. The molecule has 1 atom stereocenters. The molecule has 2 rings (SSSR count). The maximum absolute atomic E-state index is 10.2. The van der Waals surface area contributed by atoms with Crippen molar-refractivity contribution in [2.24, 2.45) is 7.05 Å². The number of rotatable bonds is 2. The average Bonchev–Trinajstić information content (AvgIpc) is 2.73. The zero-order chi connectivity index (χ0) is 11.0. The minimum Gasteiger partial charge on any atom is -0.381 e. The molecule has 15 heavy (non-hydrogen) atoms. The molecule has 0 fully saturated rings. The van der Waals surface area contributed by atoms with Crippen molar-refractivity contribution in [2.45, 2.75) is 6.10 Å². The first-order chi connectivity index (χ1) is 7.09. The third kappa shape index (κ3) is 2.18. The van der Waals surface area contributed by atoms with Gasteiger partial charge in [-0.2, -0.15) is 5.10 Å². The Morgan fingerprint density at radius 1 is 1.47 bits per heavy atom. The molecule has 0 aliphatic rings. The van der Waals surface area contributed by atoms with Gasteiger partial charge < -0.3 is 5.11 Å². The summed E-state index contributed by atoms with van der Waals surface area (Å²) in [7, 11) is 1.81. The lowest BCUT2D eigenvalue weighted by atomic mass is 10.2. The lowest BCUT2D eigenvalue weighted by Gasteiger charge is -2.09. The average molecular weight is 352 g/mol. The molecule has 2 aromatic heterocycles. The molecular formula is C9H8Br2N2OS. The van der Waals surface area contributed by atoms with Crippen molar-refractivity contribution in [3.63, 3.8) is 0 Å². The van der Waals surface area contributed by atoms with Crippen LogP contribution in [0.25, 0.3) is 0 Å². The van der Waals surface area contributed by atoms with Crippen LogP contribution < -0.4 is 0 Å². The highest BCUT2D eigenvalue weighted by Crippen LogP contribution is 2.33. The fraction of sp³-hybridized carbons (Fsp3) is 0.222. The lowest BCUT2D eigenvalue weighted by Crippen LogP contribution is -2.05. The predicted octanol–water partition coefficient (Wildman–Crippen LogP) is 3.09. The van der Waals surface area contributed by atoms with Crippen molar-refractivity contribution in [3.8, 4) is 0 Å². The van der Waals surface area contributed by atoms with Crippen LogP contribution in [0, 0.1) is 0 Å². The Bertz CT molecular complexity index is 461. The maximum Gasteiger partial charge on any atom is 0.131 e. The molecule has 3 nitrogen and oxygen atoms in total. The normalized spacial score (nSPS) is 13.1. The van der Waals surface area contributed by atoms with Gasteiger partial charge in [0.2, 0.25) is 0 Å². The number of aromatic nitrogens is 2. The third-order valence-electron chi connectivity index (χ3n) is 2.06. The highest BCUT2D eigenvalue weighted by molar-refractivity contribution is 9.11. The van der Waals surface area contributed by atoms with Gasteiger partial charge in [-0.05, 0) is 44.0 Å². The number of thiophene rings is 1. The Balaban J connectivity index is 2.40. The minimum atomic E-state index is -0.636. The molecule has 1 unspecified atom stereocenters. The van der Waals surface area contributed by atoms with Gasteiger partial charge in [0.25, 0.3) is 0 Å². The summed E-state index contributed by atoms with van der Waals surface area (Å²) in [5.41, 5.74) is 0.768. The first-order valence-electron chi connectivity index (χ1n) is 4.20. The number of hydrogen-bond donors (Lipinski definition) is 1. The van der Waals surface area contributed by atoms with Crippen molar-refractivity contribution in [2.75, 3.05) is 0 Å². The monoisotopic (exact) mass is 350 g/mol. The second kappa shape index (κ2) is 4.37. The number of aliphatic hydroxyl groups excluding tert-OH is 1. The van der Waals surface area contributed by atoms with E-state index in [9.17, 15) is 5.11 Å². The quantitative estimate of drug-likeness (QED) is 0.902. The molecule has 0 spiro atoms. The van der Waals surface area contributed by atoms with Crippen molar-refractivity contribution < 1.29 is 5.11 Å². The fourth-order valence-electron chi connectivity index (χ4n) is 1.34. The van der Waals surface area contributed by atoms with Crippen LogP contribution in [0.1, 0.15) is 16.7 Å². The molecule has 6 heteroatoms. The molecule has 0 amide bonds. The Kier molecular flexibility index (Phi) is 3.30. The second-order valence-electron chi connectivity index (χ2n) is 3.05. The van der Waals surface area contributed by atoms with E-state index in [0.717, 1.165) is 18.8 Å². The van der Waals surface area contributed by atoms with Gasteiger partial charge in [-0.25, -0.2) is 0 Å². The van der Waals surface area contributed by atoms with E-state index in [-0.39, 0.29) is 0 Å². The molecule has 0 aliphatic heterocycles. The van der Waals surface area contributed by atoms with E-state index in [2.05, 4.69) is 37.0 Å². The number of halogens is 2. The SMILES string of the molecule is Cn1ncc(Br)c1C(O)c1ccc(Br)s1. The highest BCUT2D eigenvalue weighted by atomic mass is 79.9. The van der Waals surface area contributed by atoms with Gasteiger partial charge in [0.05, 0.1) is 20.1 Å². The summed E-state index contributed by atoms with van der Waals surface area (Å²) in [6, 6.07) is 3.83. The Hall–Kier alpha value is -0.170. The minimum absolute atomic E-state index is 0.636. The summed E-state index contributed by atoms with van der Waals surface area (Å²) in [5, 5.41) is 14.2. The molecular weight excluding hydrogens is 344 g/mol. The van der Waals surface area contributed by atoms with E-state index in [1.54, 1.807) is 10.9 Å². The molecule has 0 aromatic carbocycles. The van der Waals surface area contributed by atoms with E-state index in [1.165, 1.54) is 11.3 Å². The van der Waals surface area contributed by atoms with Crippen LogP contribution in [-0.2, 0) is 7.05 Å². The summed E-state index contributed by atoms with van der Waals surface area (Å²) in [6.45, 7) is 0. The van der Waals surface area contributed by atoms with Crippen molar-refractivity contribution >= 4 is 43.2 Å². The Morgan fingerprint density at radius 3 is 2.67 bits per heavy atom. The van der Waals surface area contributed by atoms with Gasteiger partial charge in [0, 0.05) is 11.9 Å². The molecule has 0 bridgehead atoms. The largest absolute Gasteiger partial charge is 0.381 e. The zero-order valence-electron chi connectivity index (χ0n) is 7.82. The number of nitrogens with zero attached hydrogens (tertiary/aromatic N) is 2. The van der Waals surface area contributed by atoms with Crippen LogP contribution in [0.2, 0.25) is 0 Å². The van der Waals surface area contributed by atoms with E-state index in [4.69, 9.17) is 0 Å². The van der Waals surface area contributed by atoms with Gasteiger partial charge in [0.1, 0.15) is 6.10 Å².